The summed E-state index contributed by atoms with van der Waals surface area (Å²) in [4.78, 5) is 33.1. The van der Waals surface area contributed by atoms with Gasteiger partial charge in [0.15, 0.2) is 6.61 Å². The zero-order valence-corrected chi connectivity index (χ0v) is 10.6. The minimum atomic E-state index is -0.925. The van der Waals surface area contributed by atoms with Crippen LogP contribution in [0.25, 0.3) is 0 Å². The monoisotopic (exact) mass is 278 g/mol. The van der Waals surface area contributed by atoms with Crippen molar-refractivity contribution in [2.45, 2.75) is 19.3 Å². The van der Waals surface area contributed by atoms with Crippen LogP contribution in [-0.2, 0) is 14.4 Å². The Morgan fingerprint density at radius 1 is 1.35 bits per heavy atom. The minimum Gasteiger partial charge on any atom is -0.482 e. The van der Waals surface area contributed by atoms with Gasteiger partial charge in [-0.1, -0.05) is 0 Å². The molecule has 0 radical (unpaired) electrons. The Labute approximate surface area is 114 Å². The number of nitrogens with one attached hydrogen (secondary N) is 2. The van der Waals surface area contributed by atoms with Gasteiger partial charge in [0.1, 0.15) is 5.75 Å². The third kappa shape index (κ3) is 3.71. The van der Waals surface area contributed by atoms with Crippen molar-refractivity contribution in [2.24, 2.45) is 0 Å². The number of fused-ring (bicyclic) bond motifs is 1. The number of amides is 2. The molecule has 0 aromatic heterocycles. The second-order valence-electron chi connectivity index (χ2n) is 4.34. The van der Waals surface area contributed by atoms with E-state index in [4.69, 9.17) is 9.84 Å². The van der Waals surface area contributed by atoms with Gasteiger partial charge in [0.25, 0.3) is 5.91 Å². The van der Waals surface area contributed by atoms with Crippen molar-refractivity contribution >= 4 is 29.2 Å². The molecule has 1 heterocycles. The Morgan fingerprint density at radius 3 is 2.90 bits per heavy atom. The van der Waals surface area contributed by atoms with Crippen LogP contribution in [0.1, 0.15) is 19.3 Å². The third-order valence-corrected chi connectivity index (χ3v) is 2.69. The van der Waals surface area contributed by atoms with E-state index in [0.29, 0.717) is 17.1 Å². The van der Waals surface area contributed by atoms with Gasteiger partial charge in [-0.15, -0.1) is 0 Å². The smallest absolute Gasteiger partial charge is 0.303 e. The molecular weight excluding hydrogens is 264 g/mol. The number of hydrogen-bond donors (Lipinski definition) is 3. The largest absolute Gasteiger partial charge is 0.482 e. The zero-order chi connectivity index (χ0) is 14.5. The summed E-state index contributed by atoms with van der Waals surface area (Å²) in [6, 6.07) is 4.91. The maximum atomic E-state index is 11.6. The van der Waals surface area contributed by atoms with Gasteiger partial charge in [0.2, 0.25) is 5.91 Å². The van der Waals surface area contributed by atoms with Crippen LogP contribution in [-0.4, -0.2) is 29.5 Å². The highest BCUT2D eigenvalue weighted by Gasteiger charge is 2.16. The number of carboxylic acids is 1. The van der Waals surface area contributed by atoms with E-state index in [9.17, 15) is 14.4 Å². The molecule has 20 heavy (non-hydrogen) atoms. The van der Waals surface area contributed by atoms with E-state index in [0.717, 1.165) is 0 Å². The first kappa shape index (κ1) is 13.9. The number of carbonyl (C=O) groups excluding carboxylic acids is 2. The first-order valence-corrected chi connectivity index (χ1v) is 6.13. The lowest BCUT2D eigenvalue weighted by molar-refractivity contribution is -0.137. The average molecular weight is 278 g/mol. The first-order chi connectivity index (χ1) is 9.54. The molecule has 2 amide bonds. The number of rotatable bonds is 5. The van der Waals surface area contributed by atoms with E-state index >= 15 is 0 Å². The molecule has 1 aliphatic rings. The lowest BCUT2D eigenvalue weighted by atomic mass is 10.2. The number of aliphatic carboxylic acids is 1. The highest BCUT2D eigenvalue weighted by Crippen LogP contribution is 2.30. The normalized spacial score (nSPS) is 12.9. The van der Waals surface area contributed by atoms with Crippen molar-refractivity contribution < 1.29 is 24.2 Å². The van der Waals surface area contributed by atoms with E-state index in [2.05, 4.69) is 10.6 Å². The van der Waals surface area contributed by atoms with Crippen LogP contribution < -0.4 is 15.4 Å². The van der Waals surface area contributed by atoms with Crippen molar-refractivity contribution in [3.8, 4) is 5.75 Å². The van der Waals surface area contributed by atoms with Gasteiger partial charge < -0.3 is 20.5 Å². The fourth-order valence-corrected chi connectivity index (χ4v) is 1.78. The molecule has 0 aliphatic carbocycles. The van der Waals surface area contributed by atoms with Crippen LogP contribution in [0, 0.1) is 0 Å². The summed E-state index contributed by atoms with van der Waals surface area (Å²) in [6.45, 7) is -0.0199. The van der Waals surface area contributed by atoms with Gasteiger partial charge >= 0.3 is 5.97 Å². The van der Waals surface area contributed by atoms with Gasteiger partial charge in [-0.05, 0) is 24.6 Å². The van der Waals surface area contributed by atoms with Crippen molar-refractivity contribution in [3.05, 3.63) is 18.2 Å². The van der Waals surface area contributed by atoms with Crippen molar-refractivity contribution in [1.82, 2.24) is 0 Å². The first-order valence-electron chi connectivity index (χ1n) is 6.13. The number of benzene rings is 1. The molecule has 0 spiro atoms. The summed E-state index contributed by atoms with van der Waals surface area (Å²) in [7, 11) is 0. The molecule has 0 saturated heterocycles. The molecular formula is C13H14N2O5. The van der Waals surface area contributed by atoms with Crippen molar-refractivity contribution in [3.63, 3.8) is 0 Å². The van der Waals surface area contributed by atoms with Crippen molar-refractivity contribution in [2.75, 3.05) is 17.2 Å². The summed E-state index contributed by atoms with van der Waals surface area (Å²) in [5.41, 5.74) is 1.03. The summed E-state index contributed by atoms with van der Waals surface area (Å²) >= 11 is 0. The van der Waals surface area contributed by atoms with Crippen LogP contribution in [0.3, 0.4) is 0 Å². The molecule has 0 saturated carbocycles. The summed E-state index contributed by atoms with van der Waals surface area (Å²) in [5.74, 6) is -0.892. The van der Waals surface area contributed by atoms with Crippen LogP contribution in [0.2, 0.25) is 0 Å². The number of anilines is 2. The quantitative estimate of drug-likeness (QED) is 0.751. The molecule has 0 unspecified atom stereocenters. The van der Waals surface area contributed by atoms with Crippen LogP contribution in [0.15, 0.2) is 18.2 Å². The van der Waals surface area contributed by atoms with E-state index < -0.39 is 5.97 Å². The van der Waals surface area contributed by atoms with Gasteiger partial charge in [-0.25, -0.2) is 0 Å². The molecule has 1 aromatic rings. The molecule has 106 valence electrons. The Balaban J connectivity index is 1.93. The van der Waals surface area contributed by atoms with Gasteiger partial charge in [0, 0.05) is 18.5 Å². The second kappa shape index (κ2) is 6.05. The lowest BCUT2D eigenvalue weighted by Crippen LogP contribution is -2.25. The topological polar surface area (TPSA) is 105 Å². The fraction of sp³-hybridized carbons (Fsp3) is 0.308. The summed E-state index contributed by atoms with van der Waals surface area (Å²) < 4.78 is 5.20. The molecule has 0 bridgehead atoms. The fourth-order valence-electron chi connectivity index (χ4n) is 1.78. The van der Waals surface area contributed by atoms with Gasteiger partial charge in [0.05, 0.1) is 5.69 Å². The van der Waals surface area contributed by atoms with Crippen LogP contribution >= 0.6 is 0 Å². The Morgan fingerprint density at radius 2 is 2.15 bits per heavy atom. The molecule has 3 N–H and O–H groups in total. The molecule has 0 fully saturated rings. The van der Waals surface area contributed by atoms with Gasteiger partial charge in [-0.3, -0.25) is 14.4 Å². The second-order valence-corrected chi connectivity index (χ2v) is 4.34. The summed E-state index contributed by atoms with van der Waals surface area (Å²) in [6.07, 6.45) is 0.375. The average Bonchev–Trinajstić information content (AvgIpc) is 2.37. The lowest BCUT2D eigenvalue weighted by Gasteiger charge is -2.18. The van der Waals surface area contributed by atoms with E-state index in [1.54, 1.807) is 18.2 Å². The SMILES string of the molecule is O=C(O)CCCC(=O)Nc1ccc2c(c1)NC(=O)CO2. The molecule has 7 nitrogen and oxygen atoms in total. The molecule has 7 heteroatoms. The number of hydrogen-bond acceptors (Lipinski definition) is 4. The maximum Gasteiger partial charge on any atom is 0.303 e. The zero-order valence-electron chi connectivity index (χ0n) is 10.6. The third-order valence-electron chi connectivity index (χ3n) is 2.69. The Bertz CT molecular complexity index is 556. The van der Waals surface area contributed by atoms with Crippen LogP contribution in [0.4, 0.5) is 11.4 Å². The number of carboxylic acid groups (broad SMARTS) is 1. The molecule has 1 aromatic carbocycles. The standard InChI is InChI=1S/C13H14N2O5/c16-11(2-1-3-13(18)19)14-8-4-5-10-9(6-8)15-12(17)7-20-10/h4-6H,1-3,7H2,(H,14,16)(H,15,17)(H,18,19). The molecule has 2 rings (SSSR count). The Kier molecular flexibility index (Phi) is 4.19. The minimum absolute atomic E-state index is 0.0199. The van der Waals surface area contributed by atoms with E-state index in [1.165, 1.54) is 0 Å². The summed E-state index contributed by atoms with van der Waals surface area (Å²) in [5, 5.41) is 13.8. The number of ether oxygens (including phenoxy) is 1. The molecule has 1 aliphatic heterocycles. The maximum absolute atomic E-state index is 11.6. The van der Waals surface area contributed by atoms with E-state index in [-0.39, 0.29) is 37.7 Å². The molecule has 0 atom stereocenters. The highest BCUT2D eigenvalue weighted by atomic mass is 16.5. The van der Waals surface area contributed by atoms with Gasteiger partial charge in [-0.2, -0.15) is 0 Å². The predicted octanol–water partition coefficient (Wildman–Crippen LogP) is 1.21. The van der Waals surface area contributed by atoms with Crippen LogP contribution in [0.5, 0.6) is 5.75 Å². The van der Waals surface area contributed by atoms with E-state index in [1.807, 2.05) is 0 Å². The number of carbonyl (C=O) groups is 3. The van der Waals surface area contributed by atoms with Crippen molar-refractivity contribution in [1.29, 1.82) is 0 Å². The highest BCUT2D eigenvalue weighted by molar-refractivity contribution is 5.97. The Hall–Kier alpha value is -2.57. The predicted molar refractivity (Wildman–Crippen MR) is 70.7 cm³/mol.